The molecule has 0 fully saturated rings. The second kappa shape index (κ2) is 8.61. The van der Waals surface area contributed by atoms with Crippen molar-refractivity contribution in [2.45, 2.75) is 31.2 Å². The molecule has 5 nitrogen and oxygen atoms in total. The molecule has 120 valence electrons. The number of hydrogen-bond donors (Lipinski definition) is 2. The lowest BCUT2D eigenvalue weighted by atomic mass is 10.1. The molecule has 0 saturated heterocycles. The fourth-order valence-corrected chi connectivity index (χ4v) is 0.830. The number of nitrogens with one attached hydrogen (secondary N) is 1. The summed E-state index contributed by atoms with van der Waals surface area (Å²) < 4.78 is 71.3. The average Bonchev–Trinajstić information content (AvgIpc) is 2.27. The third-order valence-electron chi connectivity index (χ3n) is 1.79. The third-order valence-corrected chi connectivity index (χ3v) is 1.79. The van der Waals surface area contributed by atoms with Crippen molar-refractivity contribution < 1.29 is 45.8 Å². The first-order valence-electron chi connectivity index (χ1n) is 4.97. The molecule has 1 atom stereocenters. The molecule has 0 aliphatic rings. The van der Waals surface area contributed by atoms with E-state index in [2.05, 4.69) is 10.1 Å². The molecule has 0 aromatic heterocycles. The number of likely N-dealkylation sites (N-methyl/N-ethyl adjacent to an activating group) is 1. The molecule has 0 bridgehead atoms. The Hall–Kier alpha value is -1.52. The SMILES string of the molecule is CNC(CCC(F)(F)F)C(=O)OC.O=C(O)C(F)(F)F. The zero-order valence-electron chi connectivity index (χ0n) is 10.4. The second-order valence-electron chi connectivity index (χ2n) is 3.32. The van der Waals surface area contributed by atoms with Gasteiger partial charge in [-0.3, -0.25) is 4.79 Å². The molecule has 1 unspecified atom stereocenters. The fourth-order valence-electron chi connectivity index (χ4n) is 0.830. The van der Waals surface area contributed by atoms with Gasteiger partial charge in [0.2, 0.25) is 0 Å². The minimum absolute atomic E-state index is 0.299. The van der Waals surface area contributed by atoms with Gasteiger partial charge in [0.15, 0.2) is 0 Å². The molecule has 0 spiro atoms. The zero-order chi connectivity index (χ0) is 16.6. The molecule has 0 heterocycles. The van der Waals surface area contributed by atoms with Crippen molar-refractivity contribution in [3.05, 3.63) is 0 Å². The van der Waals surface area contributed by atoms with E-state index >= 15 is 0 Å². The monoisotopic (exact) mass is 313 g/mol. The smallest absolute Gasteiger partial charge is 0.475 e. The summed E-state index contributed by atoms with van der Waals surface area (Å²) >= 11 is 0. The number of carbonyl (C=O) groups is 2. The molecular formula is C9H13F6NO4. The van der Waals surface area contributed by atoms with E-state index in [1.165, 1.54) is 7.05 Å². The average molecular weight is 313 g/mol. The molecule has 2 N–H and O–H groups in total. The van der Waals surface area contributed by atoms with Gasteiger partial charge in [0.25, 0.3) is 0 Å². The van der Waals surface area contributed by atoms with Crippen LogP contribution in [0.15, 0.2) is 0 Å². The second-order valence-corrected chi connectivity index (χ2v) is 3.32. The van der Waals surface area contributed by atoms with E-state index < -0.39 is 36.8 Å². The normalized spacial score (nSPS) is 13.0. The summed E-state index contributed by atoms with van der Waals surface area (Å²) in [5.41, 5.74) is 0. The minimum Gasteiger partial charge on any atom is -0.475 e. The standard InChI is InChI=1S/C7H12F3NO2.C2HF3O2/c1-11-5(6(12)13-2)3-4-7(8,9)10;3-2(4,5)1(6)7/h5,11H,3-4H2,1-2H3;(H,6,7). The summed E-state index contributed by atoms with van der Waals surface area (Å²) in [5.74, 6) is -3.43. The van der Waals surface area contributed by atoms with E-state index in [0.29, 0.717) is 0 Å². The van der Waals surface area contributed by atoms with Gasteiger partial charge in [-0.2, -0.15) is 26.3 Å². The van der Waals surface area contributed by atoms with E-state index in [4.69, 9.17) is 9.90 Å². The van der Waals surface area contributed by atoms with Crippen LogP contribution in [-0.4, -0.2) is 49.6 Å². The van der Waals surface area contributed by atoms with Gasteiger partial charge in [0.1, 0.15) is 6.04 Å². The highest BCUT2D eigenvalue weighted by molar-refractivity contribution is 5.75. The quantitative estimate of drug-likeness (QED) is 0.610. The lowest BCUT2D eigenvalue weighted by molar-refractivity contribution is -0.192. The summed E-state index contributed by atoms with van der Waals surface area (Å²) in [5, 5.41) is 9.58. The van der Waals surface area contributed by atoms with E-state index in [0.717, 1.165) is 7.11 Å². The Morgan fingerprint density at radius 3 is 1.80 bits per heavy atom. The van der Waals surface area contributed by atoms with Crippen molar-refractivity contribution in [3.8, 4) is 0 Å². The van der Waals surface area contributed by atoms with Crippen LogP contribution < -0.4 is 5.32 Å². The van der Waals surface area contributed by atoms with E-state index in [1.54, 1.807) is 0 Å². The first-order valence-corrected chi connectivity index (χ1v) is 4.97. The molecule has 0 aliphatic heterocycles. The number of esters is 1. The molecule has 0 aliphatic carbocycles. The van der Waals surface area contributed by atoms with Gasteiger partial charge in [0.05, 0.1) is 7.11 Å². The molecule has 20 heavy (non-hydrogen) atoms. The molecule has 0 amide bonds. The molecule has 0 saturated carbocycles. The van der Waals surface area contributed by atoms with Gasteiger partial charge in [-0.25, -0.2) is 4.79 Å². The number of carbonyl (C=O) groups excluding carboxylic acids is 1. The highest BCUT2D eigenvalue weighted by atomic mass is 19.4. The largest absolute Gasteiger partial charge is 0.490 e. The molecule has 0 rings (SSSR count). The van der Waals surface area contributed by atoms with Gasteiger partial charge in [-0.15, -0.1) is 0 Å². The van der Waals surface area contributed by atoms with E-state index in [-0.39, 0.29) is 6.42 Å². The number of carboxylic acid groups (broad SMARTS) is 1. The number of halogens is 6. The van der Waals surface area contributed by atoms with Crippen molar-refractivity contribution in [2.75, 3.05) is 14.2 Å². The maximum atomic E-state index is 11.7. The Bertz CT molecular complexity index is 315. The summed E-state index contributed by atoms with van der Waals surface area (Å²) in [6.45, 7) is 0. The van der Waals surface area contributed by atoms with Gasteiger partial charge in [-0.05, 0) is 13.5 Å². The van der Waals surface area contributed by atoms with Crippen LogP contribution in [0.3, 0.4) is 0 Å². The van der Waals surface area contributed by atoms with Crippen LogP contribution >= 0.6 is 0 Å². The van der Waals surface area contributed by atoms with Crippen LogP contribution in [0.2, 0.25) is 0 Å². The van der Waals surface area contributed by atoms with Crippen molar-refractivity contribution in [3.63, 3.8) is 0 Å². The van der Waals surface area contributed by atoms with Crippen LogP contribution in [0.4, 0.5) is 26.3 Å². The van der Waals surface area contributed by atoms with Crippen molar-refractivity contribution in [1.29, 1.82) is 0 Å². The minimum atomic E-state index is -5.08. The van der Waals surface area contributed by atoms with Gasteiger partial charge < -0.3 is 15.2 Å². The molecule has 0 aromatic rings. The summed E-state index contributed by atoms with van der Waals surface area (Å²) in [6.07, 6.45) is -10.6. The van der Waals surface area contributed by atoms with E-state index in [9.17, 15) is 31.1 Å². The Morgan fingerprint density at radius 1 is 1.20 bits per heavy atom. The molecule has 11 heteroatoms. The van der Waals surface area contributed by atoms with Gasteiger partial charge in [-0.1, -0.05) is 0 Å². The van der Waals surface area contributed by atoms with Gasteiger partial charge >= 0.3 is 24.3 Å². The molecular weight excluding hydrogens is 300 g/mol. The number of methoxy groups -OCH3 is 1. The maximum absolute atomic E-state index is 11.7. The molecule has 0 radical (unpaired) electrons. The topological polar surface area (TPSA) is 75.6 Å². The summed E-state index contributed by atoms with van der Waals surface area (Å²) in [7, 11) is 2.55. The maximum Gasteiger partial charge on any atom is 0.490 e. The van der Waals surface area contributed by atoms with Crippen molar-refractivity contribution in [1.82, 2.24) is 5.32 Å². The van der Waals surface area contributed by atoms with Crippen LogP contribution in [0.1, 0.15) is 12.8 Å². The van der Waals surface area contributed by atoms with E-state index in [1.807, 2.05) is 0 Å². The van der Waals surface area contributed by atoms with Crippen molar-refractivity contribution in [2.24, 2.45) is 0 Å². The fraction of sp³-hybridized carbons (Fsp3) is 0.778. The Kier molecular flexibility index (Phi) is 8.95. The number of aliphatic carboxylic acids is 1. The zero-order valence-corrected chi connectivity index (χ0v) is 10.4. The predicted molar refractivity (Wildman–Crippen MR) is 53.8 cm³/mol. The Morgan fingerprint density at radius 2 is 1.60 bits per heavy atom. The van der Waals surface area contributed by atoms with Crippen LogP contribution in [0, 0.1) is 0 Å². The Labute approximate surface area is 109 Å². The van der Waals surface area contributed by atoms with Crippen LogP contribution in [-0.2, 0) is 14.3 Å². The van der Waals surface area contributed by atoms with Crippen LogP contribution in [0.5, 0.6) is 0 Å². The number of rotatable bonds is 4. The first kappa shape index (κ1) is 20.8. The number of carboxylic acids is 1. The highest BCUT2D eigenvalue weighted by Gasteiger charge is 2.38. The highest BCUT2D eigenvalue weighted by Crippen LogP contribution is 2.22. The molecule has 0 aromatic carbocycles. The first-order chi connectivity index (χ1) is 8.85. The third kappa shape index (κ3) is 11.6. The number of alkyl halides is 6. The van der Waals surface area contributed by atoms with Crippen molar-refractivity contribution >= 4 is 11.9 Å². The number of hydrogen-bond acceptors (Lipinski definition) is 4. The lowest BCUT2D eigenvalue weighted by Crippen LogP contribution is -2.35. The summed E-state index contributed by atoms with van der Waals surface area (Å²) in [4.78, 5) is 19.7. The summed E-state index contributed by atoms with van der Waals surface area (Å²) in [6, 6.07) is -0.883. The lowest BCUT2D eigenvalue weighted by Gasteiger charge is -2.14. The van der Waals surface area contributed by atoms with Gasteiger partial charge in [0, 0.05) is 6.42 Å². The number of ether oxygens (including phenoxy) is 1. The predicted octanol–water partition coefficient (Wildman–Crippen LogP) is 1.72. The Balaban J connectivity index is 0. The van der Waals surface area contributed by atoms with Crippen LogP contribution in [0.25, 0.3) is 0 Å².